The third-order valence-corrected chi connectivity index (χ3v) is 11.7. The van der Waals surface area contributed by atoms with Gasteiger partial charge in [0.15, 0.2) is 0 Å². The fourth-order valence-electron chi connectivity index (χ4n) is 9.26. The Labute approximate surface area is 314 Å². The van der Waals surface area contributed by atoms with Crippen molar-refractivity contribution in [3.05, 3.63) is 199 Å². The molecule has 2 aromatic heterocycles. The zero-order valence-electron chi connectivity index (χ0n) is 30.2. The Hall–Kier alpha value is -6.84. The lowest BCUT2D eigenvalue weighted by atomic mass is 9.82. The van der Waals surface area contributed by atoms with Gasteiger partial charge < -0.3 is 14.0 Å². The van der Waals surface area contributed by atoms with E-state index in [4.69, 9.17) is 0 Å². The Morgan fingerprint density at radius 2 is 0.944 bits per heavy atom. The van der Waals surface area contributed by atoms with Gasteiger partial charge in [-0.2, -0.15) is 0 Å². The number of fused-ring (bicyclic) bond motifs is 9. The Bertz CT molecular complexity index is 3020. The molecule has 0 aliphatic heterocycles. The highest BCUT2D eigenvalue weighted by Gasteiger charge is 2.36. The summed E-state index contributed by atoms with van der Waals surface area (Å²) < 4.78 is 4.93. The van der Waals surface area contributed by atoms with Gasteiger partial charge in [0.05, 0.1) is 33.4 Å². The molecule has 0 saturated carbocycles. The summed E-state index contributed by atoms with van der Waals surface area (Å²) in [5.41, 5.74) is 15.6. The molecule has 3 nitrogen and oxygen atoms in total. The van der Waals surface area contributed by atoms with Crippen LogP contribution in [0.1, 0.15) is 25.0 Å². The highest BCUT2D eigenvalue weighted by Crippen LogP contribution is 2.51. The molecule has 0 amide bonds. The van der Waals surface area contributed by atoms with Crippen LogP contribution in [0.2, 0.25) is 0 Å². The van der Waals surface area contributed by atoms with Crippen LogP contribution in [0.5, 0.6) is 0 Å². The summed E-state index contributed by atoms with van der Waals surface area (Å²) >= 11 is 0. The first-order chi connectivity index (χ1) is 26.6. The van der Waals surface area contributed by atoms with E-state index >= 15 is 0 Å². The number of para-hydroxylation sites is 5. The first kappa shape index (κ1) is 30.8. The molecule has 0 bridgehead atoms. The smallest absolute Gasteiger partial charge is 0.0583 e. The van der Waals surface area contributed by atoms with Crippen LogP contribution in [0.15, 0.2) is 188 Å². The van der Waals surface area contributed by atoms with Gasteiger partial charge in [-0.3, -0.25) is 0 Å². The van der Waals surface area contributed by atoms with Crippen LogP contribution in [0, 0.1) is 0 Å². The highest BCUT2D eigenvalue weighted by atomic mass is 15.1. The minimum absolute atomic E-state index is 0.123. The molecule has 54 heavy (non-hydrogen) atoms. The number of hydrogen-bond donors (Lipinski definition) is 0. The second kappa shape index (κ2) is 11.6. The van der Waals surface area contributed by atoms with Crippen molar-refractivity contribution in [3.8, 4) is 22.5 Å². The molecule has 0 N–H and O–H groups in total. The lowest BCUT2D eigenvalue weighted by Gasteiger charge is -2.29. The monoisotopic (exact) mass is 691 g/mol. The lowest BCUT2D eigenvalue weighted by Crippen LogP contribution is -2.16. The number of anilines is 3. The van der Waals surface area contributed by atoms with Gasteiger partial charge in [0, 0.05) is 44.0 Å². The maximum absolute atomic E-state index is 2.49. The second-order valence-electron chi connectivity index (χ2n) is 15.0. The van der Waals surface area contributed by atoms with Crippen molar-refractivity contribution in [2.75, 3.05) is 4.90 Å². The van der Waals surface area contributed by atoms with E-state index in [1.165, 1.54) is 60.3 Å². The number of nitrogens with zero attached hydrogens (tertiary/aromatic N) is 3. The fourth-order valence-corrected chi connectivity index (χ4v) is 9.26. The number of rotatable bonds is 5. The minimum Gasteiger partial charge on any atom is -0.310 e. The van der Waals surface area contributed by atoms with E-state index in [0.717, 1.165) is 34.0 Å². The Kier molecular flexibility index (Phi) is 6.60. The maximum Gasteiger partial charge on any atom is 0.0583 e. The largest absolute Gasteiger partial charge is 0.310 e. The average Bonchev–Trinajstić information content (AvgIpc) is 3.82. The molecule has 256 valence electrons. The van der Waals surface area contributed by atoms with E-state index in [-0.39, 0.29) is 5.41 Å². The summed E-state index contributed by atoms with van der Waals surface area (Å²) in [6.45, 7) is 4.72. The minimum atomic E-state index is -0.123. The predicted molar refractivity (Wildman–Crippen MR) is 227 cm³/mol. The summed E-state index contributed by atoms with van der Waals surface area (Å²) in [5.74, 6) is 0. The average molecular weight is 692 g/mol. The van der Waals surface area contributed by atoms with Crippen molar-refractivity contribution in [2.45, 2.75) is 19.3 Å². The molecule has 2 heterocycles. The van der Waals surface area contributed by atoms with Gasteiger partial charge >= 0.3 is 0 Å². The predicted octanol–water partition coefficient (Wildman–Crippen LogP) is 13.7. The summed E-state index contributed by atoms with van der Waals surface area (Å²) in [6, 6.07) is 68.9. The molecular formula is C51H37N3. The van der Waals surface area contributed by atoms with Gasteiger partial charge in [0.1, 0.15) is 0 Å². The standard InChI is InChI=1S/C51H37N3/c1-51(2)43-25-13-9-21-38(43)39-30-29-36(31-44(39)51)52(34-17-5-3-6-18-34)37-32-48-50(42-24-12-16-28-47(42)53(48)35-19-7-4-8-20-35)49(33-37)54-45-26-14-10-22-40(45)41-23-11-15-27-46(41)54/h3-33H,1-2H3. The second-order valence-corrected chi connectivity index (χ2v) is 15.0. The van der Waals surface area contributed by atoms with E-state index in [0.29, 0.717) is 0 Å². The molecule has 1 aliphatic rings. The van der Waals surface area contributed by atoms with Crippen molar-refractivity contribution in [3.63, 3.8) is 0 Å². The Morgan fingerprint density at radius 1 is 0.389 bits per heavy atom. The van der Waals surface area contributed by atoms with Gasteiger partial charge in [0.25, 0.3) is 0 Å². The van der Waals surface area contributed by atoms with Gasteiger partial charge in [0.2, 0.25) is 0 Å². The van der Waals surface area contributed by atoms with Gasteiger partial charge in [-0.25, -0.2) is 0 Å². The number of benzene rings is 8. The van der Waals surface area contributed by atoms with Crippen LogP contribution in [-0.4, -0.2) is 9.13 Å². The van der Waals surface area contributed by atoms with Crippen molar-refractivity contribution < 1.29 is 0 Å². The van der Waals surface area contributed by atoms with Crippen molar-refractivity contribution in [2.24, 2.45) is 0 Å². The van der Waals surface area contributed by atoms with E-state index in [1.54, 1.807) is 0 Å². The van der Waals surface area contributed by atoms with Crippen LogP contribution >= 0.6 is 0 Å². The summed E-state index contributed by atoms with van der Waals surface area (Å²) in [7, 11) is 0. The topological polar surface area (TPSA) is 13.1 Å². The zero-order valence-corrected chi connectivity index (χ0v) is 30.2. The molecule has 0 unspecified atom stereocenters. The molecule has 0 radical (unpaired) electrons. The first-order valence-electron chi connectivity index (χ1n) is 18.8. The summed E-state index contributed by atoms with van der Waals surface area (Å²) in [4.78, 5) is 2.45. The zero-order chi connectivity index (χ0) is 36.0. The van der Waals surface area contributed by atoms with E-state index in [2.05, 4.69) is 216 Å². The Balaban J connectivity index is 1.28. The molecular weight excluding hydrogens is 655 g/mol. The van der Waals surface area contributed by atoms with Crippen LogP contribution in [0.4, 0.5) is 17.1 Å². The van der Waals surface area contributed by atoms with Crippen molar-refractivity contribution in [1.29, 1.82) is 0 Å². The maximum atomic E-state index is 2.49. The van der Waals surface area contributed by atoms with Gasteiger partial charge in [-0.15, -0.1) is 0 Å². The first-order valence-corrected chi connectivity index (χ1v) is 18.8. The number of aromatic nitrogens is 2. The molecule has 0 spiro atoms. The normalized spacial score (nSPS) is 13.1. The molecule has 0 saturated heterocycles. The molecule has 0 fully saturated rings. The van der Waals surface area contributed by atoms with Crippen LogP contribution < -0.4 is 4.90 Å². The Morgan fingerprint density at radius 3 is 1.65 bits per heavy atom. The van der Waals surface area contributed by atoms with Crippen LogP contribution in [0.3, 0.4) is 0 Å². The lowest BCUT2D eigenvalue weighted by molar-refractivity contribution is 0.660. The molecule has 0 atom stereocenters. The molecule has 11 rings (SSSR count). The van der Waals surface area contributed by atoms with E-state index in [9.17, 15) is 0 Å². The molecule has 3 heteroatoms. The van der Waals surface area contributed by atoms with Crippen molar-refractivity contribution in [1.82, 2.24) is 9.13 Å². The third kappa shape index (κ3) is 4.36. The number of hydrogen-bond acceptors (Lipinski definition) is 1. The van der Waals surface area contributed by atoms with Gasteiger partial charge in [-0.1, -0.05) is 135 Å². The highest BCUT2D eigenvalue weighted by molar-refractivity contribution is 6.17. The van der Waals surface area contributed by atoms with Crippen LogP contribution in [0.25, 0.3) is 66.1 Å². The van der Waals surface area contributed by atoms with E-state index < -0.39 is 0 Å². The molecule has 8 aromatic carbocycles. The van der Waals surface area contributed by atoms with Gasteiger partial charge in [-0.05, 0) is 89.0 Å². The van der Waals surface area contributed by atoms with E-state index in [1.807, 2.05) is 0 Å². The molecule has 10 aromatic rings. The third-order valence-electron chi connectivity index (χ3n) is 11.7. The molecule has 1 aliphatic carbocycles. The summed E-state index contributed by atoms with van der Waals surface area (Å²) in [6.07, 6.45) is 0. The van der Waals surface area contributed by atoms with Crippen LogP contribution in [-0.2, 0) is 5.41 Å². The van der Waals surface area contributed by atoms with Crippen molar-refractivity contribution >= 4 is 60.7 Å². The summed E-state index contributed by atoms with van der Waals surface area (Å²) in [5, 5.41) is 4.95. The fraction of sp³-hybridized carbons (Fsp3) is 0.0588. The SMILES string of the molecule is CC1(C)c2ccccc2-c2ccc(N(c3ccccc3)c3cc(-n4c5ccccc5c5ccccc54)c4c5ccccc5n(-c5ccccc5)c4c3)cc21. The quantitative estimate of drug-likeness (QED) is 0.175.